The molecule has 112 valence electrons. The lowest BCUT2D eigenvalue weighted by molar-refractivity contribution is -0.385. The fourth-order valence-corrected chi connectivity index (χ4v) is 2.09. The lowest BCUT2D eigenvalue weighted by Crippen LogP contribution is -2.44. The van der Waals surface area contributed by atoms with Crippen molar-refractivity contribution in [2.45, 2.75) is 31.8 Å². The first-order valence-electron chi connectivity index (χ1n) is 6.35. The first-order chi connectivity index (χ1) is 9.82. The van der Waals surface area contributed by atoms with E-state index in [0.29, 0.717) is 0 Å². The number of phenolic OH excluding ortho intramolecular Hbond substituents is 1. The number of phenols is 1. The molecule has 21 heavy (non-hydrogen) atoms. The van der Waals surface area contributed by atoms with E-state index in [-0.39, 0.29) is 11.6 Å². The van der Waals surface area contributed by atoms with Crippen LogP contribution in [0.4, 0.5) is 5.69 Å². The van der Waals surface area contributed by atoms with E-state index in [1.165, 1.54) is 17.9 Å². The molecule has 8 heteroatoms. The summed E-state index contributed by atoms with van der Waals surface area (Å²) in [6.45, 7) is 1.41. The van der Waals surface area contributed by atoms with Gasteiger partial charge in [-0.05, 0) is 31.9 Å². The number of carbonyl (C=O) groups excluding carboxylic acids is 1. The Labute approximate surface area is 119 Å². The summed E-state index contributed by atoms with van der Waals surface area (Å²) >= 11 is 0. The summed E-state index contributed by atoms with van der Waals surface area (Å²) < 4.78 is 0. The topological polar surface area (TPSA) is 121 Å². The highest BCUT2D eigenvalue weighted by atomic mass is 16.6. The SMILES string of the molecule is CC(C(=O)O)N(C(=O)c1ccc([N+](=O)[O-])c(O)c1)C1CC1. The molecule has 0 bridgehead atoms. The summed E-state index contributed by atoms with van der Waals surface area (Å²) in [7, 11) is 0. The van der Waals surface area contributed by atoms with Crippen molar-refractivity contribution in [1.29, 1.82) is 0 Å². The highest BCUT2D eigenvalue weighted by Crippen LogP contribution is 2.32. The second kappa shape index (κ2) is 5.39. The molecule has 1 saturated carbocycles. The molecule has 0 saturated heterocycles. The normalized spacial score (nSPS) is 15.3. The second-order valence-corrected chi connectivity index (χ2v) is 4.92. The minimum Gasteiger partial charge on any atom is -0.502 e. The van der Waals surface area contributed by atoms with Gasteiger partial charge in [-0.3, -0.25) is 14.9 Å². The van der Waals surface area contributed by atoms with Gasteiger partial charge in [0.2, 0.25) is 0 Å². The summed E-state index contributed by atoms with van der Waals surface area (Å²) in [6.07, 6.45) is 1.45. The average molecular weight is 294 g/mol. The zero-order valence-corrected chi connectivity index (χ0v) is 11.2. The summed E-state index contributed by atoms with van der Waals surface area (Å²) in [5.74, 6) is -2.30. The lowest BCUT2D eigenvalue weighted by atomic mass is 10.1. The number of benzene rings is 1. The molecule has 1 aromatic carbocycles. The Morgan fingerprint density at radius 2 is 2.05 bits per heavy atom. The molecular weight excluding hydrogens is 280 g/mol. The predicted octanol–water partition coefficient (Wildman–Crippen LogP) is 1.38. The van der Waals surface area contributed by atoms with Gasteiger partial charge >= 0.3 is 11.7 Å². The largest absolute Gasteiger partial charge is 0.502 e. The number of aromatic hydroxyl groups is 1. The van der Waals surface area contributed by atoms with Crippen LogP contribution in [0, 0.1) is 10.1 Å². The first-order valence-corrected chi connectivity index (χ1v) is 6.35. The smallest absolute Gasteiger partial charge is 0.326 e. The van der Waals surface area contributed by atoms with Gasteiger partial charge in [-0.2, -0.15) is 0 Å². The molecule has 0 aromatic heterocycles. The van der Waals surface area contributed by atoms with Crippen LogP contribution in [0.2, 0.25) is 0 Å². The molecule has 1 aromatic rings. The molecule has 0 heterocycles. The van der Waals surface area contributed by atoms with E-state index in [9.17, 15) is 24.8 Å². The summed E-state index contributed by atoms with van der Waals surface area (Å²) in [4.78, 5) is 34.6. The van der Waals surface area contributed by atoms with Crippen LogP contribution in [0.25, 0.3) is 0 Å². The maximum Gasteiger partial charge on any atom is 0.326 e. The third-order valence-corrected chi connectivity index (χ3v) is 3.37. The third kappa shape index (κ3) is 2.93. The van der Waals surface area contributed by atoms with Gasteiger partial charge in [0.1, 0.15) is 6.04 Å². The van der Waals surface area contributed by atoms with E-state index in [4.69, 9.17) is 5.11 Å². The van der Waals surface area contributed by atoms with Crippen LogP contribution in [-0.4, -0.2) is 44.0 Å². The van der Waals surface area contributed by atoms with Gasteiger partial charge < -0.3 is 15.1 Å². The Balaban J connectivity index is 2.31. The molecule has 1 aliphatic rings. The summed E-state index contributed by atoms with van der Waals surface area (Å²) in [5.41, 5.74) is -0.478. The molecule has 0 aliphatic heterocycles. The van der Waals surface area contributed by atoms with Crippen molar-refractivity contribution in [1.82, 2.24) is 4.90 Å². The fraction of sp³-hybridized carbons (Fsp3) is 0.385. The zero-order chi connectivity index (χ0) is 15.7. The monoisotopic (exact) mass is 294 g/mol. The maximum atomic E-state index is 12.4. The Bertz CT molecular complexity index is 611. The maximum absolute atomic E-state index is 12.4. The highest BCUT2D eigenvalue weighted by molar-refractivity contribution is 5.97. The Kier molecular flexibility index (Phi) is 3.79. The van der Waals surface area contributed by atoms with Gasteiger partial charge in [0.25, 0.3) is 5.91 Å². The molecule has 1 atom stereocenters. The number of nitrogens with zero attached hydrogens (tertiary/aromatic N) is 2. The van der Waals surface area contributed by atoms with E-state index >= 15 is 0 Å². The molecule has 0 spiro atoms. The van der Waals surface area contributed by atoms with E-state index < -0.39 is 34.3 Å². The van der Waals surface area contributed by atoms with Gasteiger partial charge in [0.15, 0.2) is 5.75 Å². The van der Waals surface area contributed by atoms with Crippen LogP contribution in [-0.2, 0) is 4.79 Å². The molecular formula is C13H14N2O6. The zero-order valence-electron chi connectivity index (χ0n) is 11.2. The molecule has 8 nitrogen and oxygen atoms in total. The first kappa shape index (κ1) is 14.8. The number of amides is 1. The lowest BCUT2D eigenvalue weighted by Gasteiger charge is -2.26. The highest BCUT2D eigenvalue weighted by Gasteiger charge is 2.39. The van der Waals surface area contributed by atoms with E-state index in [1.807, 2.05) is 0 Å². The number of rotatable bonds is 5. The number of aliphatic carboxylic acids is 1. The van der Waals surface area contributed by atoms with Crippen LogP contribution < -0.4 is 0 Å². The van der Waals surface area contributed by atoms with Crippen molar-refractivity contribution in [3.8, 4) is 5.75 Å². The van der Waals surface area contributed by atoms with Gasteiger partial charge in [0.05, 0.1) is 4.92 Å². The van der Waals surface area contributed by atoms with Gasteiger partial charge in [-0.15, -0.1) is 0 Å². The van der Waals surface area contributed by atoms with E-state index in [1.54, 1.807) is 0 Å². The number of hydrogen-bond donors (Lipinski definition) is 2. The molecule has 0 radical (unpaired) electrons. The van der Waals surface area contributed by atoms with E-state index in [2.05, 4.69) is 0 Å². The van der Waals surface area contributed by atoms with Crippen LogP contribution >= 0.6 is 0 Å². The van der Waals surface area contributed by atoms with Crippen molar-refractivity contribution in [3.63, 3.8) is 0 Å². The molecule has 1 aliphatic carbocycles. The van der Waals surface area contributed by atoms with Crippen molar-refractivity contribution in [2.75, 3.05) is 0 Å². The Morgan fingerprint density at radius 1 is 1.43 bits per heavy atom. The quantitative estimate of drug-likeness (QED) is 0.625. The number of nitro benzene ring substituents is 1. The molecule has 2 N–H and O–H groups in total. The Hall–Kier alpha value is -2.64. The third-order valence-electron chi connectivity index (χ3n) is 3.37. The van der Waals surface area contributed by atoms with Crippen LogP contribution in [0.1, 0.15) is 30.1 Å². The van der Waals surface area contributed by atoms with Crippen molar-refractivity contribution in [2.24, 2.45) is 0 Å². The number of carboxylic acid groups (broad SMARTS) is 1. The summed E-state index contributed by atoms with van der Waals surface area (Å²) in [5, 5.41) is 29.3. The number of hydrogen-bond acceptors (Lipinski definition) is 5. The van der Waals surface area contributed by atoms with E-state index in [0.717, 1.165) is 25.0 Å². The molecule has 2 rings (SSSR count). The number of nitro groups is 1. The van der Waals surface area contributed by atoms with Crippen LogP contribution in [0.15, 0.2) is 18.2 Å². The number of carboxylic acids is 1. The van der Waals surface area contributed by atoms with Crippen molar-refractivity contribution >= 4 is 17.6 Å². The van der Waals surface area contributed by atoms with Gasteiger partial charge in [-0.1, -0.05) is 0 Å². The summed E-state index contributed by atoms with van der Waals surface area (Å²) in [6, 6.07) is 2.09. The second-order valence-electron chi connectivity index (χ2n) is 4.92. The molecule has 1 unspecified atom stereocenters. The van der Waals surface area contributed by atoms with Gasteiger partial charge in [-0.25, -0.2) is 4.79 Å². The Morgan fingerprint density at radius 3 is 2.48 bits per heavy atom. The van der Waals surface area contributed by atoms with Crippen molar-refractivity contribution in [3.05, 3.63) is 33.9 Å². The molecule has 1 fully saturated rings. The number of carbonyl (C=O) groups is 2. The van der Waals surface area contributed by atoms with Gasteiger partial charge in [0, 0.05) is 17.7 Å². The fourth-order valence-electron chi connectivity index (χ4n) is 2.09. The standard InChI is InChI=1S/C13H14N2O6/c1-7(13(18)19)14(9-3-4-9)12(17)8-2-5-10(15(20)21)11(16)6-8/h2,5-7,9,16H,3-4H2,1H3,(H,18,19). The van der Waals surface area contributed by atoms with Crippen LogP contribution in [0.5, 0.6) is 5.75 Å². The minimum atomic E-state index is -1.12. The van der Waals surface area contributed by atoms with Crippen LogP contribution in [0.3, 0.4) is 0 Å². The van der Waals surface area contributed by atoms with Crippen molar-refractivity contribution < 1.29 is 24.7 Å². The average Bonchev–Trinajstić information content (AvgIpc) is 3.22. The molecule has 1 amide bonds. The predicted molar refractivity (Wildman–Crippen MR) is 71.1 cm³/mol. The minimum absolute atomic E-state index is 0.0260.